The molecule has 1 atom stereocenters. The van der Waals surface area contributed by atoms with E-state index < -0.39 is 0 Å². The second kappa shape index (κ2) is 6.64. The fraction of sp³-hybridized carbons (Fsp3) is 0.667. The predicted molar refractivity (Wildman–Crippen MR) is 72.9 cm³/mol. The Balaban J connectivity index is 2.19. The molecule has 2 rings (SSSR count). The molecule has 19 heavy (non-hydrogen) atoms. The van der Waals surface area contributed by atoms with Gasteiger partial charge in [0.2, 0.25) is 0 Å². The zero-order chi connectivity index (χ0) is 13.7. The zero-order valence-electron chi connectivity index (χ0n) is 11.8. The summed E-state index contributed by atoms with van der Waals surface area (Å²) in [7, 11) is 1.41. The number of carbonyl (C=O) groups excluding carboxylic acids is 1. The molecule has 1 saturated carbocycles. The van der Waals surface area contributed by atoms with Gasteiger partial charge in [-0.3, -0.25) is 4.79 Å². The SMILES string of the molecule is CCC(C(=O)OC)c1nccc(C2CCCCC2)n1. The van der Waals surface area contributed by atoms with Crippen LogP contribution in [-0.2, 0) is 9.53 Å². The van der Waals surface area contributed by atoms with Crippen LogP contribution in [0.15, 0.2) is 12.3 Å². The third-order valence-electron chi connectivity index (χ3n) is 3.92. The highest BCUT2D eigenvalue weighted by Crippen LogP contribution is 2.32. The largest absolute Gasteiger partial charge is 0.468 e. The van der Waals surface area contributed by atoms with Gasteiger partial charge in [-0.25, -0.2) is 9.97 Å². The number of rotatable bonds is 4. The van der Waals surface area contributed by atoms with Crippen molar-refractivity contribution in [2.45, 2.75) is 57.3 Å². The smallest absolute Gasteiger partial charge is 0.316 e. The first-order valence-electron chi connectivity index (χ1n) is 7.17. The molecule has 1 aromatic heterocycles. The van der Waals surface area contributed by atoms with Crippen LogP contribution >= 0.6 is 0 Å². The minimum absolute atomic E-state index is 0.247. The van der Waals surface area contributed by atoms with Gasteiger partial charge in [0, 0.05) is 17.8 Å². The summed E-state index contributed by atoms with van der Waals surface area (Å²) in [5, 5.41) is 0. The van der Waals surface area contributed by atoms with Crippen LogP contribution in [-0.4, -0.2) is 23.0 Å². The molecule has 1 unspecified atom stereocenters. The molecule has 0 N–H and O–H groups in total. The highest BCUT2D eigenvalue weighted by molar-refractivity contribution is 5.76. The van der Waals surface area contributed by atoms with Gasteiger partial charge >= 0.3 is 5.97 Å². The van der Waals surface area contributed by atoms with E-state index in [4.69, 9.17) is 4.74 Å². The van der Waals surface area contributed by atoms with Gasteiger partial charge in [-0.1, -0.05) is 26.2 Å². The maximum Gasteiger partial charge on any atom is 0.316 e. The topological polar surface area (TPSA) is 52.1 Å². The zero-order valence-corrected chi connectivity index (χ0v) is 11.8. The summed E-state index contributed by atoms with van der Waals surface area (Å²) >= 11 is 0. The Bertz CT molecular complexity index is 428. The van der Waals surface area contributed by atoms with E-state index in [2.05, 4.69) is 9.97 Å². The number of nitrogens with zero attached hydrogens (tertiary/aromatic N) is 2. The van der Waals surface area contributed by atoms with Crippen molar-refractivity contribution in [3.05, 3.63) is 23.8 Å². The van der Waals surface area contributed by atoms with Crippen molar-refractivity contribution in [2.24, 2.45) is 0 Å². The molecule has 0 spiro atoms. The number of carbonyl (C=O) groups is 1. The van der Waals surface area contributed by atoms with Gasteiger partial charge < -0.3 is 4.74 Å². The first kappa shape index (κ1) is 14.0. The molecule has 104 valence electrons. The first-order chi connectivity index (χ1) is 9.26. The van der Waals surface area contributed by atoms with E-state index in [1.165, 1.54) is 39.2 Å². The fourth-order valence-electron chi connectivity index (χ4n) is 2.78. The van der Waals surface area contributed by atoms with Gasteiger partial charge in [-0.05, 0) is 25.3 Å². The van der Waals surface area contributed by atoms with E-state index in [0.717, 1.165) is 5.69 Å². The summed E-state index contributed by atoms with van der Waals surface area (Å²) in [6.07, 6.45) is 8.72. The lowest BCUT2D eigenvalue weighted by atomic mass is 9.87. The predicted octanol–water partition coefficient (Wildman–Crippen LogP) is 3.19. The molecule has 0 aromatic carbocycles. The first-order valence-corrected chi connectivity index (χ1v) is 7.17. The Hall–Kier alpha value is -1.45. The van der Waals surface area contributed by atoms with Crippen LogP contribution in [0.25, 0.3) is 0 Å². The maximum atomic E-state index is 11.7. The molecular weight excluding hydrogens is 240 g/mol. The van der Waals surface area contributed by atoms with Gasteiger partial charge in [0.05, 0.1) is 7.11 Å². The van der Waals surface area contributed by atoms with Crippen molar-refractivity contribution in [1.29, 1.82) is 0 Å². The van der Waals surface area contributed by atoms with Crippen molar-refractivity contribution < 1.29 is 9.53 Å². The van der Waals surface area contributed by atoms with Crippen LogP contribution in [0, 0.1) is 0 Å². The fourth-order valence-corrected chi connectivity index (χ4v) is 2.78. The van der Waals surface area contributed by atoms with Crippen molar-refractivity contribution in [1.82, 2.24) is 9.97 Å². The molecule has 0 aliphatic heterocycles. The van der Waals surface area contributed by atoms with Gasteiger partial charge in [-0.2, -0.15) is 0 Å². The number of hydrogen-bond donors (Lipinski definition) is 0. The van der Waals surface area contributed by atoms with E-state index in [9.17, 15) is 4.79 Å². The highest BCUT2D eigenvalue weighted by Gasteiger charge is 2.24. The monoisotopic (exact) mass is 262 g/mol. The second-order valence-electron chi connectivity index (χ2n) is 5.16. The van der Waals surface area contributed by atoms with Crippen LogP contribution in [0.1, 0.15) is 68.8 Å². The van der Waals surface area contributed by atoms with Crippen molar-refractivity contribution >= 4 is 5.97 Å². The van der Waals surface area contributed by atoms with E-state index in [0.29, 0.717) is 18.2 Å². The lowest BCUT2D eigenvalue weighted by Gasteiger charge is -2.21. The Labute approximate surface area is 114 Å². The molecule has 1 fully saturated rings. The van der Waals surface area contributed by atoms with Gasteiger partial charge in [0.15, 0.2) is 0 Å². The number of esters is 1. The minimum atomic E-state index is -0.339. The van der Waals surface area contributed by atoms with Gasteiger partial charge in [0.25, 0.3) is 0 Å². The van der Waals surface area contributed by atoms with Crippen molar-refractivity contribution in [3.63, 3.8) is 0 Å². The molecule has 1 heterocycles. The maximum absolute atomic E-state index is 11.7. The van der Waals surface area contributed by atoms with E-state index in [-0.39, 0.29) is 11.9 Å². The Morgan fingerprint density at radius 1 is 1.42 bits per heavy atom. The summed E-state index contributed by atoms with van der Waals surface area (Å²) in [6.45, 7) is 1.96. The number of ether oxygens (including phenoxy) is 1. The van der Waals surface area contributed by atoms with Crippen LogP contribution in [0.3, 0.4) is 0 Å². The Kier molecular flexibility index (Phi) is 4.88. The summed E-state index contributed by atoms with van der Waals surface area (Å²) in [5.41, 5.74) is 1.09. The average molecular weight is 262 g/mol. The average Bonchev–Trinajstić information content (AvgIpc) is 2.49. The van der Waals surface area contributed by atoms with E-state index in [1.807, 2.05) is 13.0 Å². The quantitative estimate of drug-likeness (QED) is 0.782. The molecule has 1 aliphatic rings. The molecule has 4 heteroatoms. The second-order valence-corrected chi connectivity index (χ2v) is 5.16. The van der Waals surface area contributed by atoms with Crippen LogP contribution in [0.4, 0.5) is 0 Å². The summed E-state index contributed by atoms with van der Waals surface area (Å²) in [5.74, 6) is 0.555. The van der Waals surface area contributed by atoms with Crippen LogP contribution < -0.4 is 0 Å². The normalized spacial score (nSPS) is 18.0. The lowest BCUT2D eigenvalue weighted by Crippen LogP contribution is -2.18. The van der Waals surface area contributed by atoms with E-state index in [1.54, 1.807) is 6.20 Å². The molecular formula is C15H22N2O2. The highest BCUT2D eigenvalue weighted by atomic mass is 16.5. The molecule has 0 bridgehead atoms. The van der Waals surface area contributed by atoms with Gasteiger partial charge in [-0.15, -0.1) is 0 Å². The summed E-state index contributed by atoms with van der Waals surface area (Å²) in [6, 6.07) is 1.99. The molecule has 4 nitrogen and oxygen atoms in total. The summed E-state index contributed by atoms with van der Waals surface area (Å²) in [4.78, 5) is 20.6. The Morgan fingerprint density at radius 2 is 2.16 bits per heavy atom. The molecule has 1 aromatic rings. The van der Waals surface area contributed by atoms with Crippen molar-refractivity contribution in [2.75, 3.05) is 7.11 Å². The van der Waals surface area contributed by atoms with E-state index >= 15 is 0 Å². The third kappa shape index (κ3) is 3.31. The van der Waals surface area contributed by atoms with Gasteiger partial charge in [0.1, 0.15) is 11.7 Å². The third-order valence-corrected chi connectivity index (χ3v) is 3.92. The summed E-state index contributed by atoms with van der Waals surface area (Å²) < 4.78 is 4.82. The molecule has 0 amide bonds. The van der Waals surface area contributed by atoms with Crippen LogP contribution in [0.5, 0.6) is 0 Å². The number of aromatic nitrogens is 2. The minimum Gasteiger partial charge on any atom is -0.468 e. The number of hydrogen-bond acceptors (Lipinski definition) is 4. The lowest BCUT2D eigenvalue weighted by molar-refractivity contribution is -0.142. The molecule has 0 saturated heterocycles. The standard InChI is InChI=1S/C15H22N2O2/c1-3-12(15(18)19-2)14-16-10-9-13(17-14)11-7-5-4-6-8-11/h9-12H,3-8H2,1-2H3. The van der Waals surface area contributed by atoms with Crippen molar-refractivity contribution in [3.8, 4) is 0 Å². The molecule has 1 aliphatic carbocycles. The van der Waals surface area contributed by atoms with Crippen LogP contribution in [0.2, 0.25) is 0 Å². The molecule has 0 radical (unpaired) electrons. The Morgan fingerprint density at radius 3 is 2.79 bits per heavy atom. The number of methoxy groups -OCH3 is 1.